The number of hydrogen-bond acceptors (Lipinski definition) is 5. The highest BCUT2D eigenvalue weighted by Gasteiger charge is 2.19. The van der Waals surface area contributed by atoms with Gasteiger partial charge in [0.15, 0.2) is 11.5 Å². The van der Waals surface area contributed by atoms with Crippen LogP contribution in [0.4, 0.5) is 0 Å². The van der Waals surface area contributed by atoms with Crippen LogP contribution in [0.15, 0.2) is 36.4 Å². The van der Waals surface area contributed by atoms with Gasteiger partial charge in [-0.05, 0) is 6.07 Å². The van der Waals surface area contributed by atoms with Crippen LogP contribution in [0.3, 0.4) is 0 Å². The third kappa shape index (κ3) is 3.47. The van der Waals surface area contributed by atoms with Crippen molar-refractivity contribution in [3.63, 3.8) is 0 Å². The largest absolute Gasteiger partial charge is 0.496 e. The highest BCUT2D eigenvalue weighted by molar-refractivity contribution is 5.83. The molecule has 0 bridgehead atoms. The van der Waals surface area contributed by atoms with Crippen molar-refractivity contribution in [2.75, 3.05) is 20.3 Å². The van der Waals surface area contributed by atoms with Crippen molar-refractivity contribution < 1.29 is 19.0 Å². The van der Waals surface area contributed by atoms with Gasteiger partial charge in [-0.25, -0.2) is 4.98 Å². The predicted molar refractivity (Wildman–Crippen MR) is 105 cm³/mol. The number of aromatic nitrogens is 2. The maximum Gasteiger partial charge on any atom is 0.240 e. The second-order valence-electron chi connectivity index (χ2n) is 6.54. The van der Waals surface area contributed by atoms with Gasteiger partial charge in [-0.15, -0.1) is 0 Å². The first kappa shape index (κ1) is 18.2. The molecule has 0 saturated carbocycles. The average Bonchev–Trinajstić information content (AvgIpc) is 3.07. The number of nitrogens with zero attached hydrogens (tertiary/aromatic N) is 2. The zero-order chi connectivity index (χ0) is 19.5. The van der Waals surface area contributed by atoms with Crippen molar-refractivity contribution in [2.45, 2.75) is 26.4 Å². The van der Waals surface area contributed by atoms with Gasteiger partial charge >= 0.3 is 0 Å². The number of carbonyl (C=O) groups is 1. The number of ether oxygens (including phenoxy) is 3. The molecule has 1 amide bonds. The van der Waals surface area contributed by atoms with Crippen LogP contribution >= 0.6 is 0 Å². The number of methoxy groups -OCH3 is 1. The molecule has 0 fully saturated rings. The van der Waals surface area contributed by atoms with Gasteiger partial charge in [0.05, 0.1) is 18.1 Å². The second-order valence-corrected chi connectivity index (χ2v) is 6.54. The van der Waals surface area contributed by atoms with E-state index in [4.69, 9.17) is 14.2 Å². The van der Waals surface area contributed by atoms with E-state index in [2.05, 4.69) is 10.3 Å². The minimum Gasteiger partial charge on any atom is -0.496 e. The van der Waals surface area contributed by atoms with Gasteiger partial charge in [-0.3, -0.25) is 4.79 Å². The molecule has 0 unspecified atom stereocenters. The number of aryl methyl sites for hydroxylation is 1. The third-order valence-electron chi connectivity index (χ3n) is 4.78. The summed E-state index contributed by atoms with van der Waals surface area (Å²) in [4.78, 5) is 17.3. The maximum atomic E-state index is 12.6. The minimum absolute atomic E-state index is 0.0882. The minimum atomic E-state index is -0.0882. The van der Waals surface area contributed by atoms with Crippen LogP contribution in [0.1, 0.15) is 18.3 Å². The first-order valence-corrected chi connectivity index (χ1v) is 9.37. The molecule has 7 nitrogen and oxygen atoms in total. The standard InChI is InChI=1S/C21H23N3O4/c1-3-20-23-15-10-18-19(28-9-8-27-18)11-16(15)24(20)13-21(25)22-12-14-6-4-5-7-17(14)26-2/h4-7,10-11H,3,8-9,12-13H2,1-2H3,(H,22,25). The summed E-state index contributed by atoms with van der Waals surface area (Å²) in [5.74, 6) is 2.91. The Morgan fingerprint density at radius 1 is 1.21 bits per heavy atom. The molecule has 7 heteroatoms. The molecule has 2 aromatic carbocycles. The third-order valence-corrected chi connectivity index (χ3v) is 4.78. The van der Waals surface area contributed by atoms with E-state index in [1.54, 1.807) is 7.11 Å². The number of para-hydroxylation sites is 1. The average molecular weight is 381 g/mol. The molecule has 0 radical (unpaired) electrons. The van der Waals surface area contributed by atoms with E-state index in [9.17, 15) is 4.79 Å². The first-order chi connectivity index (χ1) is 13.7. The molecular formula is C21H23N3O4. The lowest BCUT2D eigenvalue weighted by Crippen LogP contribution is -2.28. The number of imidazole rings is 1. The van der Waals surface area contributed by atoms with Crippen molar-refractivity contribution in [1.82, 2.24) is 14.9 Å². The molecule has 146 valence electrons. The summed E-state index contributed by atoms with van der Waals surface area (Å²) in [6.45, 7) is 3.67. The molecule has 0 saturated heterocycles. The molecule has 0 aliphatic carbocycles. The fourth-order valence-electron chi connectivity index (χ4n) is 3.40. The Balaban J connectivity index is 1.55. The summed E-state index contributed by atoms with van der Waals surface area (Å²) in [6.07, 6.45) is 0.723. The van der Waals surface area contributed by atoms with E-state index < -0.39 is 0 Å². The molecule has 1 aromatic heterocycles. The molecule has 2 heterocycles. The van der Waals surface area contributed by atoms with Gasteiger partial charge in [0, 0.05) is 30.7 Å². The summed E-state index contributed by atoms with van der Waals surface area (Å²) in [6, 6.07) is 11.4. The Hall–Kier alpha value is -3.22. The van der Waals surface area contributed by atoms with Crippen molar-refractivity contribution in [2.24, 2.45) is 0 Å². The highest BCUT2D eigenvalue weighted by Crippen LogP contribution is 2.34. The normalized spacial score (nSPS) is 12.8. The number of rotatable bonds is 6. The molecule has 28 heavy (non-hydrogen) atoms. The van der Waals surface area contributed by atoms with Crippen LogP contribution in [-0.2, 0) is 24.3 Å². The Morgan fingerprint density at radius 3 is 2.71 bits per heavy atom. The van der Waals surface area contributed by atoms with E-state index in [-0.39, 0.29) is 12.5 Å². The molecule has 1 N–H and O–H groups in total. The predicted octanol–water partition coefficient (Wildman–Crippen LogP) is 2.69. The van der Waals surface area contributed by atoms with Gasteiger partial charge in [-0.1, -0.05) is 25.1 Å². The number of hydrogen-bond donors (Lipinski definition) is 1. The summed E-state index contributed by atoms with van der Waals surface area (Å²) in [5, 5.41) is 2.97. The fourth-order valence-corrected chi connectivity index (χ4v) is 3.40. The van der Waals surface area contributed by atoms with Gasteiger partial charge in [0.25, 0.3) is 0 Å². The van der Waals surface area contributed by atoms with E-state index in [1.165, 1.54) is 0 Å². The molecule has 3 aromatic rings. The fraction of sp³-hybridized carbons (Fsp3) is 0.333. The maximum absolute atomic E-state index is 12.6. The van der Waals surface area contributed by atoms with Crippen molar-refractivity contribution in [3.05, 3.63) is 47.8 Å². The Labute approximate surface area is 163 Å². The summed E-state index contributed by atoms with van der Waals surface area (Å²) in [7, 11) is 1.62. The quantitative estimate of drug-likeness (QED) is 0.711. The van der Waals surface area contributed by atoms with Crippen LogP contribution < -0.4 is 19.5 Å². The van der Waals surface area contributed by atoms with E-state index in [1.807, 2.05) is 47.9 Å². The summed E-state index contributed by atoms with van der Waals surface area (Å²) < 4.78 is 18.6. The van der Waals surface area contributed by atoms with Gasteiger partial charge in [0.1, 0.15) is 31.3 Å². The monoisotopic (exact) mass is 381 g/mol. The Kier molecular flexibility index (Phi) is 5.06. The Morgan fingerprint density at radius 2 is 1.96 bits per heavy atom. The lowest BCUT2D eigenvalue weighted by molar-refractivity contribution is -0.121. The van der Waals surface area contributed by atoms with E-state index in [0.717, 1.165) is 34.6 Å². The topological polar surface area (TPSA) is 74.6 Å². The van der Waals surface area contributed by atoms with Crippen LogP contribution in [0, 0.1) is 0 Å². The van der Waals surface area contributed by atoms with Gasteiger partial charge < -0.3 is 24.1 Å². The Bertz CT molecular complexity index is 1010. The van der Waals surface area contributed by atoms with Crippen molar-refractivity contribution in [3.8, 4) is 17.2 Å². The lowest BCUT2D eigenvalue weighted by atomic mass is 10.2. The van der Waals surface area contributed by atoms with Crippen LogP contribution in [-0.4, -0.2) is 35.8 Å². The van der Waals surface area contributed by atoms with Gasteiger partial charge in [0.2, 0.25) is 5.91 Å². The van der Waals surface area contributed by atoms with Crippen LogP contribution in [0.25, 0.3) is 11.0 Å². The number of fused-ring (bicyclic) bond motifs is 2. The zero-order valence-electron chi connectivity index (χ0n) is 16.0. The van der Waals surface area contributed by atoms with E-state index in [0.29, 0.717) is 31.3 Å². The number of benzene rings is 2. The zero-order valence-corrected chi connectivity index (χ0v) is 16.0. The number of amides is 1. The van der Waals surface area contributed by atoms with Crippen LogP contribution in [0.2, 0.25) is 0 Å². The van der Waals surface area contributed by atoms with E-state index >= 15 is 0 Å². The van der Waals surface area contributed by atoms with Crippen molar-refractivity contribution in [1.29, 1.82) is 0 Å². The first-order valence-electron chi connectivity index (χ1n) is 9.37. The van der Waals surface area contributed by atoms with Crippen LogP contribution in [0.5, 0.6) is 17.2 Å². The molecule has 0 spiro atoms. The number of nitrogens with one attached hydrogen (secondary N) is 1. The summed E-state index contributed by atoms with van der Waals surface area (Å²) in [5.41, 5.74) is 2.61. The SMILES string of the molecule is CCc1nc2cc3c(cc2n1CC(=O)NCc1ccccc1OC)OCCO3. The van der Waals surface area contributed by atoms with Crippen molar-refractivity contribution >= 4 is 16.9 Å². The molecule has 4 rings (SSSR count). The van der Waals surface area contributed by atoms with Gasteiger partial charge in [-0.2, -0.15) is 0 Å². The molecule has 1 aliphatic heterocycles. The highest BCUT2D eigenvalue weighted by atomic mass is 16.6. The molecule has 1 aliphatic rings. The lowest BCUT2D eigenvalue weighted by Gasteiger charge is -2.18. The second kappa shape index (κ2) is 7.80. The molecular weight excluding hydrogens is 358 g/mol. The smallest absolute Gasteiger partial charge is 0.240 e. The number of carbonyl (C=O) groups excluding carboxylic acids is 1. The summed E-state index contributed by atoms with van der Waals surface area (Å²) >= 11 is 0. The molecule has 0 atom stereocenters.